The summed E-state index contributed by atoms with van der Waals surface area (Å²) in [6.07, 6.45) is -0.0274. The minimum absolute atomic E-state index is 0.0556. The SMILES string of the molecule is C[C@H]1CN(c2cc(=O)[nH]c(CC(=O)Nc3ccc(F)cc3)n2)CCO1. The van der Waals surface area contributed by atoms with E-state index in [2.05, 4.69) is 15.3 Å². The molecule has 25 heavy (non-hydrogen) atoms. The molecule has 0 bridgehead atoms. The Morgan fingerprint density at radius 1 is 1.44 bits per heavy atom. The van der Waals surface area contributed by atoms with E-state index >= 15 is 0 Å². The zero-order valence-corrected chi connectivity index (χ0v) is 13.8. The Kier molecular flexibility index (Phi) is 5.08. The van der Waals surface area contributed by atoms with Gasteiger partial charge in [0.05, 0.1) is 19.1 Å². The highest BCUT2D eigenvalue weighted by Gasteiger charge is 2.19. The van der Waals surface area contributed by atoms with Gasteiger partial charge >= 0.3 is 0 Å². The third-order valence-electron chi connectivity index (χ3n) is 3.80. The molecule has 8 heteroatoms. The molecule has 0 saturated carbocycles. The molecule has 1 fully saturated rings. The van der Waals surface area contributed by atoms with Gasteiger partial charge in [-0.15, -0.1) is 0 Å². The molecule has 0 spiro atoms. The quantitative estimate of drug-likeness (QED) is 0.872. The number of aromatic amines is 1. The number of anilines is 2. The summed E-state index contributed by atoms with van der Waals surface area (Å²) in [5.41, 5.74) is 0.167. The number of hydrogen-bond donors (Lipinski definition) is 2. The molecule has 1 amide bonds. The van der Waals surface area contributed by atoms with Crippen molar-refractivity contribution in [2.45, 2.75) is 19.4 Å². The Morgan fingerprint density at radius 2 is 2.20 bits per heavy atom. The van der Waals surface area contributed by atoms with Crippen LogP contribution in [0.15, 0.2) is 35.1 Å². The summed E-state index contributed by atoms with van der Waals surface area (Å²) < 4.78 is 18.4. The lowest BCUT2D eigenvalue weighted by atomic mass is 10.3. The Labute approximate surface area is 143 Å². The topological polar surface area (TPSA) is 87.3 Å². The summed E-state index contributed by atoms with van der Waals surface area (Å²) in [6.45, 7) is 3.80. The third kappa shape index (κ3) is 4.63. The summed E-state index contributed by atoms with van der Waals surface area (Å²) in [5, 5.41) is 2.64. The predicted molar refractivity (Wildman–Crippen MR) is 91.2 cm³/mol. The van der Waals surface area contributed by atoms with Crippen molar-refractivity contribution in [3.8, 4) is 0 Å². The summed E-state index contributed by atoms with van der Waals surface area (Å²) in [4.78, 5) is 32.9. The van der Waals surface area contributed by atoms with Crippen LogP contribution in [0.25, 0.3) is 0 Å². The Hall–Kier alpha value is -2.74. The van der Waals surface area contributed by atoms with E-state index < -0.39 is 0 Å². The van der Waals surface area contributed by atoms with Gasteiger partial charge in [-0.3, -0.25) is 9.59 Å². The maximum Gasteiger partial charge on any atom is 0.252 e. The fourth-order valence-electron chi connectivity index (χ4n) is 2.66. The maximum atomic E-state index is 12.9. The molecule has 1 saturated heterocycles. The molecular weight excluding hydrogens is 327 g/mol. The highest BCUT2D eigenvalue weighted by molar-refractivity contribution is 5.91. The molecule has 1 aromatic carbocycles. The van der Waals surface area contributed by atoms with Gasteiger partial charge in [-0.05, 0) is 31.2 Å². The number of ether oxygens (including phenoxy) is 1. The van der Waals surface area contributed by atoms with E-state index in [1.165, 1.54) is 30.3 Å². The molecule has 0 aliphatic carbocycles. The third-order valence-corrected chi connectivity index (χ3v) is 3.80. The number of morpholine rings is 1. The zero-order valence-electron chi connectivity index (χ0n) is 13.8. The average Bonchev–Trinajstić information content (AvgIpc) is 2.56. The largest absolute Gasteiger partial charge is 0.375 e. The van der Waals surface area contributed by atoms with Crippen LogP contribution in [0.2, 0.25) is 0 Å². The molecule has 1 aromatic heterocycles. The Balaban J connectivity index is 1.70. The molecular formula is C17H19FN4O3. The van der Waals surface area contributed by atoms with Gasteiger partial charge < -0.3 is 19.9 Å². The summed E-state index contributed by atoms with van der Waals surface area (Å²) in [6, 6.07) is 6.87. The maximum absolute atomic E-state index is 12.9. The van der Waals surface area contributed by atoms with Gasteiger partial charge in [-0.1, -0.05) is 0 Å². The molecule has 0 radical (unpaired) electrons. The lowest BCUT2D eigenvalue weighted by molar-refractivity contribution is -0.115. The number of carbonyl (C=O) groups is 1. The van der Waals surface area contributed by atoms with Gasteiger partial charge in [-0.2, -0.15) is 0 Å². The van der Waals surface area contributed by atoms with Crippen LogP contribution in [0, 0.1) is 5.82 Å². The summed E-state index contributed by atoms with van der Waals surface area (Å²) in [7, 11) is 0. The van der Waals surface area contributed by atoms with E-state index in [1.807, 2.05) is 11.8 Å². The van der Waals surface area contributed by atoms with Crippen LogP contribution in [0.5, 0.6) is 0 Å². The van der Waals surface area contributed by atoms with Crippen molar-refractivity contribution in [1.82, 2.24) is 9.97 Å². The lowest BCUT2D eigenvalue weighted by Gasteiger charge is -2.31. The number of hydrogen-bond acceptors (Lipinski definition) is 5. The van der Waals surface area contributed by atoms with Crippen LogP contribution in [0.4, 0.5) is 15.9 Å². The van der Waals surface area contributed by atoms with E-state index in [9.17, 15) is 14.0 Å². The Morgan fingerprint density at radius 3 is 2.92 bits per heavy atom. The highest BCUT2D eigenvalue weighted by atomic mass is 19.1. The normalized spacial score (nSPS) is 17.4. The van der Waals surface area contributed by atoms with Gasteiger partial charge in [0.15, 0.2) is 0 Å². The lowest BCUT2D eigenvalue weighted by Crippen LogP contribution is -2.42. The van der Waals surface area contributed by atoms with Crippen molar-refractivity contribution in [2.75, 3.05) is 29.9 Å². The van der Waals surface area contributed by atoms with Gasteiger partial charge in [-0.25, -0.2) is 9.37 Å². The number of aromatic nitrogens is 2. The summed E-state index contributed by atoms with van der Waals surface area (Å²) >= 11 is 0. The smallest absolute Gasteiger partial charge is 0.252 e. The van der Waals surface area contributed by atoms with Crippen molar-refractivity contribution in [1.29, 1.82) is 0 Å². The number of H-pyrrole nitrogens is 1. The molecule has 7 nitrogen and oxygen atoms in total. The number of amides is 1. The van der Waals surface area contributed by atoms with Crippen LogP contribution in [0.3, 0.4) is 0 Å². The number of carbonyl (C=O) groups excluding carboxylic acids is 1. The van der Waals surface area contributed by atoms with Gasteiger partial charge in [0.1, 0.15) is 17.5 Å². The first-order valence-corrected chi connectivity index (χ1v) is 8.02. The second-order valence-electron chi connectivity index (χ2n) is 5.91. The monoisotopic (exact) mass is 346 g/mol. The van der Waals surface area contributed by atoms with Gasteiger partial charge in [0.25, 0.3) is 5.56 Å². The first-order valence-electron chi connectivity index (χ1n) is 8.02. The molecule has 3 rings (SSSR count). The predicted octanol–water partition coefficient (Wildman–Crippen LogP) is 1.32. The molecule has 0 unspecified atom stereocenters. The number of halogens is 1. The summed E-state index contributed by atoms with van der Waals surface area (Å²) in [5.74, 6) is 0.0865. The molecule has 2 aromatic rings. The van der Waals surface area contributed by atoms with Crippen molar-refractivity contribution in [2.24, 2.45) is 0 Å². The van der Waals surface area contributed by atoms with Crippen molar-refractivity contribution in [3.63, 3.8) is 0 Å². The fraction of sp³-hybridized carbons (Fsp3) is 0.353. The van der Waals surface area contributed by atoms with Crippen LogP contribution in [-0.4, -0.2) is 41.7 Å². The van der Waals surface area contributed by atoms with Crippen LogP contribution < -0.4 is 15.8 Å². The minimum Gasteiger partial charge on any atom is -0.375 e. The van der Waals surface area contributed by atoms with Gasteiger partial charge in [0, 0.05) is 24.8 Å². The van der Waals surface area contributed by atoms with Gasteiger partial charge in [0.2, 0.25) is 5.91 Å². The molecule has 2 N–H and O–H groups in total. The number of benzene rings is 1. The second kappa shape index (κ2) is 7.43. The molecule has 1 aliphatic rings. The number of nitrogens with zero attached hydrogens (tertiary/aromatic N) is 2. The average molecular weight is 346 g/mol. The number of rotatable bonds is 4. The van der Waals surface area contributed by atoms with Crippen molar-refractivity contribution < 1.29 is 13.9 Å². The molecule has 2 heterocycles. The van der Waals surface area contributed by atoms with E-state index in [0.29, 0.717) is 31.2 Å². The molecule has 1 aliphatic heterocycles. The Bertz CT molecular complexity index is 806. The standard InChI is InChI=1S/C17H19FN4O3/c1-11-10-22(6-7-25-11)15-9-17(24)21-14(20-15)8-16(23)19-13-4-2-12(18)3-5-13/h2-5,9,11H,6-8,10H2,1H3,(H,19,23)(H,20,21,24)/t11-/m0/s1. The first-order chi connectivity index (χ1) is 12.0. The second-order valence-corrected chi connectivity index (χ2v) is 5.91. The minimum atomic E-state index is -0.378. The highest BCUT2D eigenvalue weighted by Crippen LogP contribution is 2.14. The molecule has 132 valence electrons. The van der Waals surface area contributed by atoms with E-state index in [0.717, 1.165) is 0 Å². The van der Waals surface area contributed by atoms with E-state index in [1.54, 1.807) is 0 Å². The first kappa shape index (κ1) is 17.1. The van der Waals surface area contributed by atoms with Crippen molar-refractivity contribution >= 4 is 17.4 Å². The number of nitrogens with one attached hydrogen (secondary N) is 2. The van der Waals surface area contributed by atoms with Crippen LogP contribution in [0.1, 0.15) is 12.7 Å². The fourth-order valence-corrected chi connectivity index (χ4v) is 2.66. The van der Waals surface area contributed by atoms with E-state index in [4.69, 9.17) is 4.74 Å². The molecule has 1 atom stereocenters. The van der Waals surface area contributed by atoms with E-state index in [-0.39, 0.29) is 35.6 Å². The van der Waals surface area contributed by atoms with Crippen molar-refractivity contribution in [3.05, 3.63) is 52.3 Å². The van der Waals surface area contributed by atoms with Crippen LogP contribution >= 0.6 is 0 Å². The van der Waals surface area contributed by atoms with Crippen LogP contribution in [-0.2, 0) is 16.0 Å². The zero-order chi connectivity index (χ0) is 17.8.